The molecule has 0 aromatic heterocycles. The Bertz CT molecular complexity index is 182. The molecule has 0 saturated heterocycles. The normalized spacial score (nSPS) is 19.3. The van der Waals surface area contributed by atoms with E-state index >= 15 is 0 Å². The quantitative estimate of drug-likeness (QED) is 0.392. The molecule has 1 rings (SSSR count). The molecule has 0 heterocycles. The Hall–Kier alpha value is -0.0400. The highest BCUT2D eigenvalue weighted by molar-refractivity contribution is 4.71. The van der Waals surface area contributed by atoms with Crippen molar-refractivity contribution in [2.45, 2.75) is 109 Å². The van der Waals surface area contributed by atoms with Crippen LogP contribution in [-0.4, -0.2) is 6.04 Å². The van der Waals surface area contributed by atoms with Crippen molar-refractivity contribution in [3.05, 3.63) is 0 Å². The van der Waals surface area contributed by atoms with Crippen molar-refractivity contribution in [2.75, 3.05) is 0 Å². The van der Waals surface area contributed by atoms with E-state index in [-0.39, 0.29) is 0 Å². The van der Waals surface area contributed by atoms with Crippen molar-refractivity contribution < 1.29 is 0 Å². The Balaban J connectivity index is 1.93. The molecule has 1 atom stereocenters. The lowest BCUT2D eigenvalue weighted by Gasteiger charge is -2.19. The predicted octanol–water partition coefficient (Wildman–Crippen LogP) is 5.81. The second-order valence-electron chi connectivity index (χ2n) is 6.76. The summed E-state index contributed by atoms with van der Waals surface area (Å²) in [6.07, 6.45) is 21.1. The summed E-state index contributed by atoms with van der Waals surface area (Å²) in [6, 6.07) is 0.485. The van der Waals surface area contributed by atoms with Crippen LogP contribution in [0, 0.1) is 5.92 Å². The van der Waals surface area contributed by atoms with Crippen LogP contribution in [0.25, 0.3) is 0 Å². The zero-order valence-corrected chi connectivity index (χ0v) is 13.3. The lowest BCUT2D eigenvalue weighted by atomic mass is 9.91. The van der Waals surface area contributed by atoms with Gasteiger partial charge in [0.1, 0.15) is 0 Å². The average Bonchev–Trinajstić information content (AvgIpc) is 2.66. The summed E-state index contributed by atoms with van der Waals surface area (Å²) in [7, 11) is 0. The first-order chi connectivity index (χ1) is 9.33. The average molecular weight is 268 g/mol. The number of hydrogen-bond donors (Lipinski definition) is 1. The third-order valence-electron chi connectivity index (χ3n) is 4.79. The molecule has 0 aromatic carbocycles. The van der Waals surface area contributed by atoms with Crippen LogP contribution in [0.1, 0.15) is 103 Å². The molecule has 1 aliphatic rings. The third kappa shape index (κ3) is 9.49. The van der Waals surface area contributed by atoms with Gasteiger partial charge in [0.15, 0.2) is 0 Å². The molecule has 0 bridgehead atoms. The molecule has 0 aromatic rings. The number of rotatable bonds is 10. The smallest absolute Gasteiger partial charge is 0.00414 e. The summed E-state index contributed by atoms with van der Waals surface area (Å²) in [5.41, 5.74) is 6.32. The van der Waals surface area contributed by atoms with E-state index in [1.165, 1.54) is 96.3 Å². The molecule has 1 heteroatoms. The summed E-state index contributed by atoms with van der Waals surface area (Å²) in [5, 5.41) is 0. The molecule has 0 radical (unpaired) electrons. The van der Waals surface area contributed by atoms with E-state index < -0.39 is 0 Å². The fraction of sp³-hybridized carbons (Fsp3) is 1.00. The Labute approximate surface area is 121 Å². The summed E-state index contributed by atoms with van der Waals surface area (Å²) >= 11 is 0. The van der Waals surface area contributed by atoms with E-state index in [0.717, 1.165) is 5.92 Å². The summed E-state index contributed by atoms with van der Waals surface area (Å²) in [6.45, 7) is 2.28. The van der Waals surface area contributed by atoms with Crippen LogP contribution in [0.3, 0.4) is 0 Å². The lowest BCUT2D eigenvalue weighted by molar-refractivity contribution is 0.371. The van der Waals surface area contributed by atoms with E-state index in [1.54, 1.807) is 0 Å². The van der Waals surface area contributed by atoms with Crippen LogP contribution in [-0.2, 0) is 0 Å². The van der Waals surface area contributed by atoms with Gasteiger partial charge >= 0.3 is 0 Å². The molecule has 0 spiro atoms. The topological polar surface area (TPSA) is 26.0 Å². The first kappa shape index (κ1) is 17.0. The van der Waals surface area contributed by atoms with Gasteiger partial charge in [0.2, 0.25) is 0 Å². The highest BCUT2D eigenvalue weighted by atomic mass is 14.6. The molecular weight excluding hydrogens is 230 g/mol. The molecule has 2 N–H and O–H groups in total. The minimum absolute atomic E-state index is 0.485. The Morgan fingerprint density at radius 3 is 2.05 bits per heavy atom. The zero-order chi connectivity index (χ0) is 13.8. The lowest BCUT2D eigenvalue weighted by Crippen LogP contribution is -2.23. The second kappa shape index (κ2) is 11.8. The van der Waals surface area contributed by atoms with Crippen LogP contribution in [0.15, 0.2) is 0 Å². The van der Waals surface area contributed by atoms with E-state index in [0.29, 0.717) is 6.04 Å². The minimum Gasteiger partial charge on any atom is -0.328 e. The number of unbranched alkanes of at least 4 members (excludes halogenated alkanes) is 6. The van der Waals surface area contributed by atoms with Crippen molar-refractivity contribution in [3.8, 4) is 0 Å². The Morgan fingerprint density at radius 2 is 1.42 bits per heavy atom. The molecule has 1 aliphatic carbocycles. The number of hydrogen-bond acceptors (Lipinski definition) is 1. The van der Waals surface area contributed by atoms with Gasteiger partial charge in [-0.25, -0.2) is 0 Å². The van der Waals surface area contributed by atoms with Crippen molar-refractivity contribution in [3.63, 3.8) is 0 Å². The van der Waals surface area contributed by atoms with E-state index in [2.05, 4.69) is 6.92 Å². The van der Waals surface area contributed by atoms with Crippen LogP contribution >= 0.6 is 0 Å². The minimum atomic E-state index is 0.485. The molecule has 0 amide bonds. The number of nitrogens with two attached hydrogens (primary N) is 1. The van der Waals surface area contributed by atoms with Gasteiger partial charge in [-0.05, 0) is 18.8 Å². The molecule has 1 saturated carbocycles. The van der Waals surface area contributed by atoms with E-state index in [4.69, 9.17) is 5.73 Å². The summed E-state index contributed by atoms with van der Waals surface area (Å²) in [5.74, 6) is 0.946. The molecule has 1 nitrogen and oxygen atoms in total. The highest BCUT2D eigenvalue weighted by Gasteiger charge is 2.15. The molecule has 1 fully saturated rings. The second-order valence-corrected chi connectivity index (χ2v) is 6.76. The van der Waals surface area contributed by atoms with Crippen LogP contribution < -0.4 is 5.73 Å². The molecule has 114 valence electrons. The monoisotopic (exact) mass is 267 g/mol. The first-order valence-electron chi connectivity index (χ1n) is 9.08. The summed E-state index contributed by atoms with van der Waals surface area (Å²) in [4.78, 5) is 0. The first-order valence-corrected chi connectivity index (χ1v) is 9.08. The SMILES string of the molecule is CCCCCCCCCC(N)CC1CCCCCC1. The molecular formula is C18H37N. The van der Waals surface area contributed by atoms with E-state index in [9.17, 15) is 0 Å². The summed E-state index contributed by atoms with van der Waals surface area (Å²) < 4.78 is 0. The Kier molecular flexibility index (Phi) is 10.5. The molecule has 0 aliphatic heterocycles. The van der Waals surface area contributed by atoms with Gasteiger partial charge in [-0.3, -0.25) is 0 Å². The van der Waals surface area contributed by atoms with Gasteiger partial charge in [-0.1, -0.05) is 90.4 Å². The van der Waals surface area contributed by atoms with E-state index in [1.807, 2.05) is 0 Å². The largest absolute Gasteiger partial charge is 0.328 e. The van der Waals surface area contributed by atoms with Gasteiger partial charge in [-0.15, -0.1) is 0 Å². The van der Waals surface area contributed by atoms with Crippen LogP contribution in [0.4, 0.5) is 0 Å². The van der Waals surface area contributed by atoms with Gasteiger partial charge in [0.05, 0.1) is 0 Å². The molecule has 19 heavy (non-hydrogen) atoms. The fourth-order valence-corrected chi connectivity index (χ4v) is 3.51. The van der Waals surface area contributed by atoms with Crippen molar-refractivity contribution in [1.29, 1.82) is 0 Å². The van der Waals surface area contributed by atoms with Crippen LogP contribution in [0.2, 0.25) is 0 Å². The van der Waals surface area contributed by atoms with Gasteiger partial charge in [0.25, 0.3) is 0 Å². The van der Waals surface area contributed by atoms with Gasteiger partial charge in [0, 0.05) is 6.04 Å². The maximum absolute atomic E-state index is 6.32. The van der Waals surface area contributed by atoms with Crippen molar-refractivity contribution in [1.82, 2.24) is 0 Å². The maximum Gasteiger partial charge on any atom is 0.00414 e. The van der Waals surface area contributed by atoms with Crippen molar-refractivity contribution >= 4 is 0 Å². The third-order valence-corrected chi connectivity index (χ3v) is 4.79. The van der Waals surface area contributed by atoms with Crippen molar-refractivity contribution in [2.24, 2.45) is 11.7 Å². The Morgan fingerprint density at radius 1 is 0.842 bits per heavy atom. The predicted molar refractivity (Wildman–Crippen MR) is 86.4 cm³/mol. The van der Waals surface area contributed by atoms with Gasteiger partial charge in [-0.2, -0.15) is 0 Å². The standard InChI is InChI=1S/C18H37N/c1-2-3-4-5-6-7-12-15-18(19)16-17-13-10-8-9-11-14-17/h17-18H,2-16,19H2,1H3. The zero-order valence-electron chi connectivity index (χ0n) is 13.3. The van der Waals surface area contributed by atoms with Gasteiger partial charge < -0.3 is 5.73 Å². The van der Waals surface area contributed by atoms with Crippen LogP contribution in [0.5, 0.6) is 0 Å². The maximum atomic E-state index is 6.32. The molecule has 1 unspecified atom stereocenters. The highest BCUT2D eigenvalue weighted by Crippen LogP contribution is 2.27. The fourth-order valence-electron chi connectivity index (χ4n) is 3.51.